The summed E-state index contributed by atoms with van der Waals surface area (Å²) in [4.78, 5) is 28.1. The van der Waals surface area contributed by atoms with Crippen LogP contribution in [0.5, 0.6) is 0 Å². The predicted molar refractivity (Wildman–Crippen MR) is 112 cm³/mol. The molecule has 2 aliphatic rings. The molecule has 0 unspecified atom stereocenters. The molecule has 2 amide bonds. The first-order valence-electron chi connectivity index (χ1n) is 10.3. The van der Waals surface area contributed by atoms with Gasteiger partial charge in [0.25, 0.3) is 0 Å². The Hall–Kier alpha value is -2.86. The number of nitrogens with one attached hydrogen (secondary N) is 1. The minimum Gasteiger partial charge on any atom is -0.480 e. The van der Waals surface area contributed by atoms with Gasteiger partial charge in [-0.05, 0) is 55.9 Å². The highest BCUT2D eigenvalue weighted by molar-refractivity contribution is 5.99. The fraction of sp³-hybridized carbons (Fsp3) is 0.391. The minimum atomic E-state index is -0.780. The van der Waals surface area contributed by atoms with Crippen LogP contribution < -0.4 is 10.2 Å². The fourth-order valence-electron chi connectivity index (χ4n) is 3.93. The van der Waals surface area contributed by atoms with Gasteiger partial charge in [0, 0.05) is 18.6 Å². The van der Waals surface area contributed by atoms with E-state index in [2.05, 4.69) is 10.2 Å². The molecule has 152 valence electrons. The van der Waals surface area contributed by atoms with Crippen LogP contribution in [0.1, 0.15) is 25.7 Å². The van der Waals surface area contributed by atoms with E-state index in [9.17, 15) is 14.7 Å². The molecule has 0 aromatic heterocycles. The second-order valence-electron chi connectivity index (χ2n) is 8.04. The number of nitrogens with zero attached hydrogens (tertiary/aromatic N) is 2. The number of urea groups is 1. The highest BCUT2D eigenvalue weighted by atomic mass is 16.4. The smallest absolute Gasteiger partial charge is 0.326 e. The van der Waals surface area contributed by atoms with Crippen molar-refractivity contribution in [2.75, 3.05) is 18.0 Å². The van der Waals surface area contributed by atoms with E-state index in [1.165, 1.54) is 12.8 Å². The number of hydrogen-bond acceptors (Lipinski definition) is 3. The van der Waals surface area contributed by atoms with E-state index in [-0.39, 0.29) is 24.7 Å². The molecule has 4 rings (SSSR count). The Balaban J connectivity index is 1.39. The van der Waals surface area contributed by atoms with E-state index in [0.29, 0.717) is 5.92 Å². The molecule has 0 bridgehead atoms. The van der Waals surface area contributed by atoms with Gasteiger partial charge in [-0.15, -0.1) is 0 Å². The lowest BCUT2D eigenvalue weighted by Gasteiger charge is -2.43. The van der Waals surface area contributed by atoms with Crippen molar-refractivity contribution in [1.82, 2.24) is 10.2 Å². The summed E-state index contributed by atoms with van der Waals surface area (Å²) >= 11 is 0. The summed E-state index contributed by atoms with van der Waals surface area (Å²) in [7, 11) is 0. The third kappa shape index (κ3) is 4.95. The number of carboxylic acid groups (broad SMARTS) is 1. The third-order valence-corrected chi connectivity index (χ3v) is 5.72. The maximum absolute atomic E-state index is 13.1. The molecule has 0 radical (unpaired) electrons. The maximum Gasteiger partial charge on any atom is 0.326 e. The largest absolute Gasteiger partial charge is 0.480 e. The molecule has 0 atom stereocenters. The van der Waals surface area contributed by atoms with E-state index >= 15 is 0 Å². The normalized spacial score (nSPS) is 20.7. The van der Waals surface area contributed by atoms with Gasteiger partial charge in [0.2, 0.25) is 0 Å². The van der Waals surface area contributed by atoms with E-state index in [1.807, 2.05) is 60.7 Å². The average molecular weight is 393 g/mol. The van der Waals surface area contributed by atoms with Crippen LogP contribution in [0.2, 0.25) is 0 Å². The summed E-state index contributed by atoms with van der Waals surface area (Å²) in [5.41, 5.74) is 1.63. The van der Waals surface area contributed by atoms with Gasteiger partial charge >= 0.3 is 12.0 Å². The van der Waals surface area contributed by atoms with Crippen molar-refractivity contribution in [3.8, 4) is 0 Å². The molecule has 0 aliphatic heterocycles. The summed E-state index contributed by atoms with van der Waals surface area (Å²) in [6.45, 7) is 0.944. The van der Waals surface area contributed by atoms with Crippen molar-refractivity contribution in [2.24, 2.45) is 5.92 Å². The molecular weight excluding hydrogens is 366 g/mol. The molecule has 2 fully saturated rings. The van der Waals surface area contributed by atoms with Gasteiger partial charge < -0.3 is 10.4 Å². The second kappa shape index (κ2) is 8.66. The lowest BCUT2D eigenvalue weighted by Crippen LogP contribution is -2.56. The summed E-state index contributed by atoms with van der Waals surface area (Å²) in [6, 6.07) is 19.3. The third-order valence-electron chi connectivity index (χ3n) is 5.72. The van der Waals surface area contributed by atoms with Gasteiger partial charge in [0.15, 0.2) is 0 Å². The quantitative estimate of drug-likeness (QED) is 0.714. The lowest BCUT2D eigenvalue weighted by atomic mass is 9.85. The van der Waals surface area contributed by atoms with Crippen molar-refractivity contribution >= 4 is 23.4 Å². The van der Waals surface area contributed by atoms with Crippen LogP contribution in [0.15, 0.2) is 60.7 Å². The lowest BCUT2D eigenvalue weighted by molar-refractivity contribution is -0.139. The Bertz CT molecular complexity index is 793. The number of carbonyl (C=O) groups excluding carboxylic acids is 1. The molecule has 2 aromatic carbocycles. The summed E-state index contributed by atoms with van der Waals surface area (Å²) in [5, 5.41) is 12.3. The molecule has 2 N–H and O–H groups in total. The van der Waals surface area contributed by atoms with Gasteiger partial charge in [-0.2, -0.15) is 0 Å². The van der Waals surface area contributed by atoms with E-state index in [0.717, 1.165) is 30.8 Å². The van der Waals surface area contributed by atoms with E-state index in [4.69, 9.17) is 0 Å². The van der Waals surface area contributed by atoms with Crippen LogP contribution in [0.3, 0.4) is 0 Å². The maximum atomic E-state index is 13.1. The van der Waals surface area contributed by atoms with Gasteiger partial charge in [-0.1, -0.05) is 36.4 Å². The van der Waals surface area contributed by atoms with Gasteiger partial charge in [-0.25, -0.2) is 4.79 Å². The monoisotopic (exact) mass is 393 g/mol. The van der Waals surface area contributed by atoms with Crippen LogP contribution in [0, 0.1) is 5.92 Å². The zero-order valence-corrected chi connectivity index (χ0v) is 16.4. The topological polar surface area (TPSA) is 72.9 Å². The van der Waals surface area contributed by atoms with Crippen molar-refractivity contribution < 1.29 is 14.7 Å². The number of rotatable bonds is 8. The fourth-order valence-corrected chi connectivity index (χ4v) is 3.93. The van der Waals surface area contributed by atoms with Crippen LogP contribution in [-0.4, -0.2) is 47.2 Å². The molecule has 2 aromatic rings. The Morgan fingerprint density at radius 2 is 1.48 bits per heavy atom. The Kier molecular flexibility index (Phi) is 5.81. The number of amides is 2. The van der Waals surface area contributed by atoms with Crippen molar-refractivity contribution in [1.29, 1.82) is 0 Å². The molecule has 2 saturated carbocycles. The Morgan fingerprint density at radius 1 is 0.931 bits per heavy atom. The number of para-hydroxylation sites is 2. The van der Waals surface area contributed by atoms with Crippen molar-refractivity contribution in [3.63, 3.8) is 0 Å². The number of anilines is 2. The Morgan fingerprint density at radius 3 is 1.97 bits per heavy atom. The number of carbonyl (C=O) groups is 2. The molecule has 0 saturated heterocycles. The molecule has 6 heteroatoms. The number of benzene rings is 2. The summed E-state index contributed by atoms with van der Waals surface area (Å²) in [6.07, 6.45) is 3.99. The second-order valence-corrected chi connectivity index (χ2v) is 8.04. The number of aliphatic carboxylic acids is 1. The predicted octanol–water partition coefficient (Wildman–Crippen LogP) is 3.86. The summed E-state index contributed by atoms with van der Waals surface area (Å²) in [5.74, 6) is -0.132. The zero-order valence-electron chi connectivity index (χ0n) is 16.4. The SMILES string of the molecule is O=C(O)CN(CC1CC1)C1CC(NC(=O)N(c2ccccc2)c2ccccc2)C1. The van der Waals surface area contributed by atoms with Crippen LogP contribution >= 0.6 is 0 Å². The first-order valence-corrected chi connectivity index (χ1v) is 10.3. The van der Waals surface area contributed by atoms with Crippen LogP contribution in [0.4, 0.5) is 16.2 Å². The van der Waals surface area contributed by atoms with E-state index in [1.54, 1.807) is 4.90 Å². The number of hydrogen-bond donors (Lipinski definition) is 2. The van der Waals surface area contributed by atoms with E-state index < -0.39 is 5.97 Å². The summed E-state index contributed by atoms with van der Waals surface area (Å²) < 4.78 is 0. The highest BCUT2D eigenvalue weighted by Gasteiger charge is 2.38. The van der Waals surface area contributed by atoms with Gasteiger partial charge in [0.05, 0.1) is 17.9 Å². The minimum absolute atomic E-state index is 0.0675. The number of carboxylic acids is 1. The Labute approximate surface area is 171 Å². The first kappa shape index (κ1) is 19.5. The molecule has 0 heterocycles. The molecule has 29 heavy (non-hydrogen) atoms. The molecule has 2 aliphatic carbocycles. The van der Waals surface area contributed by atoms with Gasteiger partial charge in [0.1, 0.15) is 0 Å². The standard InChI is InChI=1S/C23H27N3O3/c27-22(28)16-25(15-17-11-12-17)21-13-18(14-21)24-23(29)26(19-7-3-1-4-8-19)20-9-5-2-6-10-20/h1-10,17-18,21H,11-16H2,(H,24,29)(H,27,28). The van der Waals surface area contributed by atoms with Crippen LogP contribution in [0.25, 0.3) is 0 Å². The van der Waals surface area contributed by atoms with Crippen molar-refractivity contribution in [3.05, 3.63) is 60.7 Å². The molecule has 6 nitrogen and oxygen atoms in total. The van der Waals surface area contributed by atoms with Crippen LogP contribution in [-0.2, 0) is 4.79 Å². The first-order chi connectivity index (χ1) is 14.1. The molecular formula is C23H27N3O3. The molecule has 0 spiro atoms. The average Bonchev–Trinajstić information content (AvgIpc) is 3.49. The van der Waals surface area contributed by atoms with Crippen molar-refractivity contribution in [2.45, 2.75) is 37.8 Å². The highest BCUT2D eigenvalue weighted by Crippen LogP contribution is 2.34. The zero-order chi connectivity index (χ0) is 20.2. The van der Waals surface area contributed by atoms with Gasteiger partial charge in [-0.3, -0.25) is 14.6 Å².